The lowest BCUT2D eigenvalue weighted by molar-refractivity contribution is -0.438. The van der Waals surface area contributed by atoms with Crippen LogP contribution in [0, 0.1) is 28.6 Å². The van der Waals surface area contributed by atoms with E-state index in [0.717, 1.165) is 78.3 Å². The van der Waals surface area contributed by atoms with Gasteiger partial charge < -0.3 is 25.0 Å². The van der Waals surface area contributed by atoms with Crippen molar-refractivity contribution in [3.8, 4) is 11.5 Å². The van der Waals surface area contributed by atoms with Gasteiger partial charge in [-0.05, 0) is 165 Å². The maximum absolute atomic E-state index is 13.4. The number of carbonyl (C=O) groups is 2. The molecule has 0 radical (unpaired) electrons. The second-order valence-corrected chi connectivity index (χ2v) is 36.1. The third-order valence-electron chi connectivity index (χ3n) is 22.3. The van der Waals surface area contributed by atoms with Gasteiger partial charge in [-0.2, -0.15) is 38.2 Å². The van der Waals surface area contributed by atoms with Gasteiger partial charge in [0, 0.05) is 102 Å². The van der Waals surface area contributed by atoms with Crippen molar-refractivity contribution < 1.29 is 75.5 Å². The van der Waals surface area contributed by atoms with E-state index in [1.807, 2.05) is 43.9 Å². The number of benzene rings is 3. The molecule has 0 aromatic heterocycles. The van der Waals surface area contributed by atoms with Gasteiger partial charge in [-0.1, -0.05) is 133 Å². The largest absolute Gasteiger partial charge is 0.496 e. The van der Waals surface area contributed by atoms with E-state index in [4.69, 9.17) is 15.0 Å². The molecule has 1 saturated carbocycles. The third kappa shape index (κ3) is 20.4. The molecular formula is C76H106N7O16S4+. The van der Waals surface area contributed by atoms with Crippen LogP contribution in [0.5, 0.6) is 11.5 Å². The van der Waals surface area contributed by atoms with Crippen molar-refractivity contribution in [3.63, 3.8) is 0 Å². The monoisotopic (exact) mass is 1500 g/mol. The van der Waals surface area contributed by atoms with E-state index in [1.165, 1.54) is 29.3 Å². The number of methoxy groups -OCH3 is 2. The van der Waals surface area contributed by atoms with E-state index in [9.17, 15) is 61.5 Å². The van der Waals surface area contributed by atoms with Gasteiger partial charge >= 0.3 is 0 Å². The van der Waals surface area contributed by atoms with E-state index in [0.29, 0.717) is 101 Å². The van der Waals surface area contributed by atoms with Crippen molar-refractivity contribution in [2.24, 2.45) is 33.7 Å². The van der Waals surface area contributed by atoms with Gasteiger partial charge in [0.2, 0.25) is 17.5 Å². The van der Waals surface area contributed by atoms with E-state index < -0.39 is 68.7 Å². The van der Waals surface area contributed by atoms with Crippen LogP contribution in [0.4, 0.5) is 5.69 Å². The molecule has 6 N–H and O–H groups in total. The molecule has 27 heteroatoms. The number of ether oxygens (including phenoxy) is 2. The number of unbranched alkanes of at least 4 members (excludes halogenated alkanes) is 7. The number of azide groups is 1. The quantitative estimate of drug-likeness (QED) is 0.00450. The van der Waals surface area contributed by atoms with Gasteiger partial charge in [-0.25, -0.2) is 0 Å². The molecule has 2 aliphatic heterocycles. The first-order valence-electron chi connectivity index (χ1n) is 35.9. The van der Waals surface area contributed by atoms with Crippen LogP contribution in [0.3, 0.4) is 0 Å². The Morgan fingerprint density at radius 1 is 0.748 bits per heavy atom. The van der Waals surface area contributed by atoms with Crippen LogP contribution < -0.4 is 20.1 Å². The summed E-state index contributed by atoms with van der Waals surface area (Å²) in [5.41, 5.74) is 14.8. The summed E-state index contributed by atoms with van der Waals surface area (Å²) in [5, 5.41) is 9.99. The van der Waals surface area contributed by atoms with Gasteiger partial charge in [-0.15, -0.1) is 0 Å². The molecule has 3 aromatic carbocycles. The van der Waals surface area contributed by atoms with Crippen LogP contribution in [0.1, 0.15) is 198 Å². The molecule has 4 aliphatic carbocycles. The number of fused-ring (bicyclic) bond motifs is 3. The van der Waals surface area contributed by atoms with Gasteiger partial charge in [-0.3, -0.25) is 27.8 Å². The first-order chi connectivity index (χ1) is 48.5. The summed E-state index contributed by atoms with van der Waals surface area (Å²) < 4.78 is 151. The molecule has 3 aromatic rings. The van der Waals surface area contributed by atoms with Gasteiger partial charge in [0.25, 0.3) is 40.5 Å². The van der Waals surface area contributed by atoms with Gasteiger partial charge in [0.1, 0.15) is 18.0 Å². The summed E-state index contributed by atoms with van der Waals surface area (Å²) in [6.45, 7) is 17.0. The van der Waals surface area contributed by atoms with Crippen molar-refractivity contribution in [2.45, 2.75) is 192 Å². The Bertz CT molecular complexity index is 4320. The SMILES string of the molecule is COc1cc(C(C)(C)[C@@H](CCCCCN=[N+]=[N-])c2ccccc2)cc(OC)c1[C@H]1C=C(CNC(=O)CCCCCNC(=O)CCCCC[N+]2=C(/C=C/C=C/C=C3/N(CCCS(=O)(=O)O)C4=CC=C(S(=O)(=O)O)CC4C3(C)C)C(C)(CCCCS(=O)(=O)O)c3cc(S(=O)(=O)O)ccc32)[C@H]2C[C@@H]1C2(C)C. The molecular weight excluding hydrogens is 1400 g/mol. The first kappa shape index (κ1) is 81.7. The lowest BCUT2D eigenvalue weighted by Gasteiger charge is -2.59. The summed E-state index contributed by atoms with van der Waals surface area (Å²) in [6.07, 6.45) is 24.4. The number of amides is 2. The number of carbonyl (C=O) groups excluding carboxylic acids is 2. The Labute approximate surface area is 610 Å². The van der Waals surface area contributed by atoms with E-state index in [-0.39, 0.29) is 76.5 Å². The van der Waals surface area contributed by atoms with Crippen molar-refractivity contribution in [1.82, 2.24) is 15.5 Å². The highest BCUT2D eigenvalue weighted by Crippen LogP contribution is 2.65. The molecule has 2 heterocycles. The molecule has 2 bridgehead atoms. The molecule has 1 saturated heterocycles. The number of allylic oxidation sites excluding steroid dienone is 11. The van der Waals surface area contributed by atoms with Crippen molar-refractivity contribution in [1.29, 1.82) is 0 Å². The fraction of sp³-hybridized carbons (Fsp3) is 0.566. The lowest BCUT2D eigenvalue weighted by Crippen LogP contribution is -2.52. The number of nitrogens with one attached hydrogen (secondary N) is 2. The number of rotatable bonds is 40. The normalized spacial score (nSPS) is 21.5. The molecule has 9 rings (SSSR count). The molecule has 0 spiro atoms. The zero-order valence-electron chi connectivity index (χ0n) is 61.0. The highest BCUT2D eigenvalue weighted by atomic mass is 32.2. The second kappa shape index (κ2) is 34.5. The molecule has 564 valence electrons. The van der Waals surface area contributed by atoms with Crippen molar-refractivity contribution >= 4 is 63.7 Å². The summed E-state index contributed by atoms with van der Waals surface area (Å²) in [4.78, 5) is 30.9. The number of likely N-dealkylation sites (tertiary alicyclic amines) is 1. The molecule has 23 nitrogen and oxygen atoms in total. The predicted octanol–water partition coefficient (Wildman–Crippen LogP) is 14.3. The van der Waals surface area contributed by atoms with E-state index in [2.05, 4.69) is 95.4 Å². The van der Waals surface area contributed by atoms with Crippen LogP contribution in [0.25, 0.3) is 10.4 Å². The average molecular weight is 1500 g/mol. The average Bonchev–Trinajstić information content (AvgIpc) is 1.60. The lowest BCUT2D eigenvalue weighted by atomic mass is 9.45. The van der Waals surface area contributed by atoms with Crippen LogP contribution in [-0.2, 0) is 60.9 Å². The number of nitrogens with zero attached hydrogens (tertiary/aromatic N) is 5. The molecule has 6 atom stereocenters. The zero-order valence-corrected chi connectivity index (χ0v) is 64.3. The topological polar surface area (TPSA) is 349 Å². The predicted molar refractivity (Wildman–Crippen MR) is 401 cm³/mol. The molecule has 2 fully saturated rings. The zero-order chi connectivity index (χ0) is 75.3. The second-order valence-electron chi connectivity index (χ2n) is 30.0. The fourth-order valence-electron chi connectivity index (χ4n) is 16.5. The highest BCUT2D eigenvalue weighted by Gasteiger charge is 2.57. The molecule has 103 heavy (non-hydrogen) atoms. The minimum Gasteiger partial charge on any atom is -0.496 e. The minimum absolute atomic E-state index is 0.000464. The van der Waals surface area contributed by atoms with Crippen molar-refractivity contribution in [2.75, 3.05) is 58.4 Å². The summed E-state index contributed by atoms with van der Waals surface area (Å²) in [6, 6.07) is 19.4. The maximum atomic E-state index is 13.4. The molecule has 6 aliphatic rings. The Balaban J connectivity index is 0.864. The smallest absolute Gasteiger partial charge is 0.294 e. The number of hydrogen-bond acceptors (Lipinski definition) is 14. The fourth-order valence-corrected chi connectivity index (χ4v) is 18.7. The van der Waals surface area contributed by atoms with Crippen LogP contribution in [0.15, 0.2) is 141 Å². The van der Waals surface area contributed by atoms with E-state index in [1.54, 1.807) is 44.6 Å². The third-order valence-corrected chi connectivity index (χ3v) is 25.7. The highest BCUT2D eigenvalue weighted by molar-refractivity contribution is 7.89. The standard InChI is InChI=1S/C76H105N7O16S4/c1-73(2,59(53-28-15-10-16-29-53)30-17-12-24-41-80-81-77)55-47-66(98-8)72(67(48-55)99-9)58-46-54(60-51-61(58)74(60,3)4)52-79-71(85)34-20-13-23-40-78-70(84)33-21-14-25-42-83-65-38-36-57(103(95,96)97)50-63(65)76(7,39-22-26-44-100(86,87)88)69(83)32-19-11-18-31-68-75(5,6)62-49-56(102(92,93)94)35-37-64(62)82(68)43-27-45-101(89,90)91/h10-11,15-16,18-19,28-29,31-32,35-38,46-48,50,58-62H,12-14,17,20-27,30,33-34,39-45,49,51-52H2,1-9H3,(H5-,78,79,84,85,86,87,88,89,90,91,92,93,94,95,96,97)/p+1/t58-,59-,60+,61-,62?,76?/m0/s1. The van der Waals surface area contributed by atoms with E-state index >= 15 is 0 Å². The Hall–Kier alpha value is -6.94. The van der Waals surface area contributed by atoms with Crippen LogP contribution in [-0.4, -0.2) is 137 Å². The summed E-state index contributed by atoms with van der Waals surface area (Å²) in [5.74, 6) is 0.944. The van der Waals surface area contributed by atoms with Gasteiger partial charge in [0.05, 0.1) is 40.9 Å². The van der Waals surface area contributed by atoms with Crippen molar-refractivity contribution in [3.05, 3.63) is 164 Å². The summed E-state index contributed by atoms with van der Waals surface area (Å²) in [7, 11) is -14.3. The molecule has 2 amide bonds. The Morgan fingerprint density at radius 2 is 1.40 bits per heavy atom. The van der Waals surface area contributed by atoms with Crippen LogP contribution in [0.2, 0.25) is 0 Å². The Morgan fingerprint density at radius 3 is 2.03 bits per heavy atom. The summed E-state index contributed by atoms with van der Waals surface area (Å²) >= 11 is 0. The molecule has 2 unspecified atom stereocenters. The van der Waals surface area contributed by atoms with Gasteiger partial charge in [0.15, 0.2) is 5.71 Å². The van der Waals surface area contributed by atoms with Crippen LogP contribution >= 0.6 is 0 Å². The maximum Gasteiger partial charge on any atom is 0.294 e. The number of hydrogen-bond donors (Lipinski definition) is 6. The first-order valence-corrected chi connectivity index (χ1v) is 42.0. The minimum atomic E-state index is -4.65. The Kier molecular flexibility index (Phi) is 27.4.